The fourth-order valence-electron chi connectivity index (χ4n) is 2.69. The Hall–Kier alpha value is -1.52. The van der Waals surface area contributed by atoms with Gasteiger partial charge in [0.1, 0.15) is 13.2 Å². The average molecular weight is 348 g/mol. The Bertz CT molecular complexity index is 664. The summed E-state index contributed by atoms with van der Waals surface area (Å²) in [6.45, 7) is 5.33. The van der Waals surface area contributed by atoms with Crippen LogP contribution >= 0.6 is 15.9 Å². The second-order valence-electron chi connectivity index (χ2n) is 5.42. The third kappa shape index (κ3) is 2.92. The molecule has 1 heterocycles. The molecule has 1 unspecified atom stereocenters. The zero-order chi connectivity index (χ0) is 15.0. The highest BCUT2D eigenvalue weighted by atomic mass is 79.9. The maximum atomic E-state index is 6.46. The van der Waals surface area contributed by atoms with Crippen molar-refractivity contribution in [3.63, 3.8) is 0 Å². The highest BCUT2D eigenvalue weighted by Gasteiger charge is 2.19. The van der Waals surface area contributed by atoms with Gasteiger partial charge < -0.3 is 15.2 Å². The number of halogens is 1. The smallest absolute Gasteiger partial charge is 0.162 e. The van der Waals surface area contributed by atoms with Gasteiger partial charge in [-0.1, -0.05) is 45.3 Å². The second-order valence-corrected chi connectivity index (χ2v) is 6.27. The molecule has 2 aromatic carbocycles. The Labute approximate surface area is 133 Å². The Balaban J connectivity index is 2.02. The largest absolute Gasteiger partial charge is 0.486 e. The highest BCUT2D eigenvalue weighted by Crippen LogP contribution is 2.38. The topological polar surface area (TPSA) is 44.5 Å². The first-order chi connectivity index (χ1) is 10.0. The van der Waals surface area contributed by atoms with Crippen LogP contribution in [0.2, 0.25) is 0 Å². The molecule has 4 heteroatoms. The Kier molecular flexibility index (Phi) is 3.91. The average Bonchev–Trinajstić information content (AvgIpc) is 2.44. The van der Waals surface area contributed by atoms with E-state index in [-0.39, 0.29) is 6.04 Å². The third-order valence-electron chi connectivity index (χ3n) is 3.60. The summed E-state index contributed by atoms with van der Waals surface area (Å²) in [5.74, 6) is 1.53. The minimum atomic E-state index is -0.200. The Morgan fingerprint density at radius 3 is 2.14 bits per heavy atom. The normalized spacial score (nSPS) is 14.9. The summed E-state index contributed by atoms with van der Waals surface area (Å²) >= 11 is 3.59. The van der Waals surface area contributed by atoms with Crippen LogP contribution in [-0.2, 0) is 0 Å². The lowest BCUT2D eigenvalue weighted by Gasteiger charge is -2.22. The molecule has 1 aliphatic heterocycles. The van der Waals surface area contributed by atoms with Crippen LogP contribution in [-0.4, -0.2) is 13.2 Å². The van der Waals surface area contributed by atoms with E-state index in [1.54, 1.807) is 0 Å². The van der Waals surface area contributed by atoms with E-state index in [0.29, 0.717) is 13.2 Å². The van der Waals surface area contributed by atoms with Crippen LogP contribution in [0.1, 0.15) is 28.3 Å². The predicted molar refractivity (Wildman–Crippen MR) is 87.1 cm³/mol. The lowest BCUT2D eigenvalue weighted by atomic mass is 9.96. The molecule has 0 fully saturated rings. The van der Waals surface area contributed by atoms with Crippen molar-refractivity contribution in [3.8, 4) is 11.5 Å². The van der Waals surface area contributed by atoms with Crippen LogP contribution in [0.4, 0.5) is 0 Å². The summed E-state index contributed by atoms with van der Waals surface area (Å²) < 4.78 is 12.2. The number of rotatable bonds is 2. The van der Waals surface area contributed by atoms with Crippen molar-refractivity contribution in [2.45, 2.75) is 19.9 Å². The van der Waals surface area contributed by atoms with Gasteiger partial charge in [0.05, 0.1) is 6.04 Å². The van der Waals surface area contributed by atoms with E-state index in [9.17, 15) is 0 Å². The molecule has 3 rings (SSSR count). The minimum absolute atomic E-state index is 0.200. The van der Waals surface area contributed by atoms with E-state index in [1.165, 1.54) is 11.1 Å². The van der Waals surface area contributed by atoms with Crippen LogP contribution in [0.15, 0.2) is 34.8 Å². The number of benzene rings is 2. The standard InChI is InChI=1S/C17H18BrNO2/c1-10-5-11(2)7-12(6-10)17(19)13-8-15-16(9-14(13)18)21-4-3-20-15/h5-9,17H,3-4,19H2,1-2H3. The summed E-state index contributed by atoms with van der Waals surface area (Å²) in [4.78, 5) is 0. The fraction of sp³-hybridized carbons (Fsp3) is 0.294. The molecule has 0 aliphatic carbocycles. The lowest BCUT2D eigenvalue weighted by Crippen LogP contribution is -2.18. The van der Waals surface area contributed by atoms with E-state index in [1.807, 2.05) is 12.1 Å². The van der Waals surface area contributed by atoms with Gasteiger partial charge in [-0.25, -0.2) is 0 Å². The number of nitrogens with two attached hydrogens (primary N) is 1. The second kappa shape index (κ2) is 5.70. The molecule has 2 aromatic rings. The monoisotopic (exact) mass is 347 g/mol. The van der Waals surface area contributed by atoms with Gasteiger partial charge in [-0.15, -0.1) is 0 Å². The van der Waals surface area contributed by atoms with Crippen LogP contribution in [0.5, 0.6) is 11.5 Å². The first-order valence-corrected chi connectivity index (χ1v) is 7.77. The molecule has 0 amide bonds. The third-order valence-corrected chi connectivity index (χ3v) is 4.29. The van der Waals surface area contributed by atoms with Gasteiger partial charge >= 0.3 is 0 Å². The van der Waals surface area contributed by atoms with Gasteiger partial charge in [0.15, 0.2) is 11.5 Å². The van der Waals surface area contributed by atoms with Crippen molar-refractivity contribution in [3.05, 3.63) is 57.1 Å². The van der Waals surface area contributed by atoms with E-state index in [0.717, 1.165) is 27.1 Å². The minimum Gasteiger partial charge on any atom is -0.486 e. The Morgan fingerprint density at radius 1 is 0.952 bits per heavy atom. The predicted octanol–water partition coefficient (Wildman–Crippen LogP) is 3.89. The zero-order valence-electron chi connectivity index (χ0n) is 12.2. The summed E-state index contributed by atoms with van der Waals surface area (Å²) in [6.07, 6.45) is 0. The van der Waals surface area contributed by atoms with Crippen molar-refractivity contribution in [2.75, 3.05) is 13.2 Å². The van der Waals surface area contributed by atoms with E-state index in [4.69, 9.17) is 15.2 Å². The van der Waals surface area contributed by atoms with E-state index < -0.39 is 0 Å². The van der Waals surface area contributed by atoms with E-state index >= 15 is 0 Å². The molecule has 3 nitrogen and oxygen atoms in total. The van der Waals surface area contributed by atoms with Crippen molar-refractivity contribution in [1.29, 1.82) is 0 Å². The molecular weight excluding hydrogens is 330 g/mol. The Morgan fingerprint density at radius 2 is 1.52 bits per heavy atom. The quantitative estimate of drug-likeness (QED) is 0.896. The number of ether oxygens (including phenoxy) is 2. The van der Waals surface area contributed by atoms with Crippen molar-refractivity contribution in [1.82, 2.24) is 0 Å². The molecular formula is C17H18BrNO2. The first kappa shape index (κ1) is 14.4. The summed E-state index contributed by atoms with van der Waals surface area (Å²) in [5.41, 5.74) is 11.0. The lowest BCUT2D eigenvalue weighted by molar-refractivity contribution is 0.171. The van der Waals surface area contributed by atoms with Gasteiger partial charge in [-0.3, -0.25) is 0 Å². The van der Waals surface area contributed by atoms with Crippen LogP contribution in [0.3, 0.4) is 0 Å². The van der Waals surface area contributed by atoms with Crippen molar-refractivity contribution >= 4 is 15.9 Å². The maximum absolute atomic E-state index is 6.46. The summed E-state index contributed by atoms with van der Waals surface area (Å²) in [5, 5.41) is 0. The maximum Gasteiger partial charge on any atom is 0.162 e. The van der Waals surface area contributed by atoms with Crippen LogP contribution in [0.25, 0.3) is 0 Å². The van der Waals surface area contributed by atoms with E-state index in [2.05, 4.69) is 48.0 Å². The molecule has 2 N–H and O–H groups in total. The molecule has 0 saturated carbocycles. The number of hydrogen-bond acceptors (Lipinski definition) is 3. The summed E-state index contributed by atoms with van der Waals surface area (Å²) in [6, 6.07) is 10.1. The van der Waals surface area contributed by atoms with Gasteiger partial charge in [0.25, 0.3) is 0 Å². The number of aryl methyl sites for hydroxylation is 2. The molecule has 1 atom stereocenters. The van der Waals surface area contributed by atoms with Crippen molar-refractivity contribution < 1.29 is 9.47 Å². The number of fused-ring (bicyclic) bond motifs is 1. The zero-order valence-corrected chi connectivity index (χ0v) is 13.7. The van der Waals surface area contributed by atoms with Gasteiger partial charge in [0, 0.05) is 4.47 Å². The molecule has 0 bridgehead atoms. The number of hydrogen-bond donors (Lipinski definition) is 1. The SMILES string of the molecule is Cc1cc(C)cc(C(N)c2cc3c(cc2Br)OCCO3)c1. The van der Waals surface area contributed by atoms with Gasteiger partial charge in [-0.2, -0.15) is 0 Å². The first-order valence-electron chi connectivity index (χ1n) is 6.97. The molecule has 21 heavy (non-hydrogen) atoms. The highest BCUT2D eigenvalue weighted by molar-refractivity contribution is 9.10. The summed E-state index contributed by atoms with van der Waals surface area (Å²) in [7, 11) is 0. The fourth-order valence-corrected chi connectivity index (χ4v) is 3.26. The van der Waals surface area contributed by atoms with Crippen molar-refractivity contribution in [2.24, 2.45) is 5.73 Å². The molecule has 0 saturated heterocycles. The van der Waals surface area contributed by atoms with Crippen LogP contribution < -0.4 is 15.2 Å². The molecule has 1 aliphatic rings. The molecule has 0 radical (unpaired) electrons. The molecule has 0 aromatic heterocycles. The van der Waals surface area contributed by atoms with Crippen LogP contribution in [0, 0.1) is 13.8 Å². The van der Waals surface area contributed by atoms with Gasteiger partial charge in [0.2, 0.25) is 0 Å². The van der Waals surface area contributed by atoms with Gasteiger partial charge in [-0.05, 0) is 37.1 Å². The molecule has 0 spiro atoms. The molecule has 110 valence electrons.